The second-order valence-electron chi connectivity index (χ2n) is 25.1. The molecule has 110 heavy (non-hydrogen) atoms. The van der Waals surface area contributed by atoms with Crippen molar-refractivity contribution >= 4 is 185 Å². The van der Waals surface area contributed by atoms with E-state index in [0.29, 0.717) is 26.2 Å². The standard InChI is InChI=1S/2C8H7NS.6C8H10S.2C6H6ClNS.2C6H6FNS/c1-6-5-7(9-2)3-4-8(6)10;1-6-3-4-7(9-2)5-8(6)10;3*1-6-3-4-8(9)7(2)5-6;3*1-6-3-4-7(2)8(9)5-6;1-4-3-8-6(7)2-5(4)9;1-4-2-6(7)8-3-5(4)9;1-4-3-8-6(7)2-5(4)9;1-4-2-6(7)8-3-5(4)9/h2*3-5,10H,1H3;6*3-5,9H,1-2H3;2-3H,1H3,(H,8,9);2-3,9H,1H3;2-3H,1H3,(H,8,9);2-3,9H,1H3. The van der Waals surface area contributed by atoms with Gasteiger partial charge in [-0.1, -0.05) is 184 Å². The Morgan fingerprint density at radius 3 is 0.864 bits per heavy atom. The maximum atomic E-state index is 12.2. The van der Waals surface area contributed by atoms with Gasteiger partial charge in [-0.3, -0.25) is 0 Å². The van der Waals surface area contributed by atoms with E-state index in [1.807, 2.05) is 71.0 Å². The van der Waals surface area contributed by atoms with E-state index < -0.39 is 5.95 Å². The molecule has 0 aliphatic heterocycles. The van der Waals surface area contributed by atoms with E-state index in [1.165, 1.54) is 85.1 Å². The predicted molar refractivity (Wildman–Crippen MR) is 504 cm³/mol. The Morgan fingerprint density at radius 2 is 0.591 bits per heavy atom. The number of hydrogen-bond donors (Lipinski definition) is 12. The van der Waals surface area contributed by atoms with Crippen LogP contribution in [0.5, 0.6) is 0 Å². The minimum absolute atomic E-state index is 0.384. The second kappa shape index (κ2) is 54.4. The van der Waals surface area contributed by atoms with Gasteiger partial charge in [0.1, 0.15) is 10.3 Å². The molecule has 0 fully saturated rings. The van der Waals surface area contributed by atoms with Crippen LogP contribution in [0.25, 0.3) is 9.69 Å². The molecule has 6 nitrogen and oxygen atoms in total. The molecule has 0 radical (unpaired) electrons. The average molecular weight is 1730 g/mol. The van der Waals surface area contributed by atoms with Crippen LogP contribution >= 0.6 is 174 Å². The van der Waals surface area contributed by atoms with Gasteiger partial charge in [-0.15, -0.1) is 126 Å². The first-order valence-electron chi connectivity index (χ1n) is 33.7. The van der Waals surface area contributed by atoms with E-state index in [1.54, 1.807) is 55.8 Å². The zero-order valence-corrected chi connectivity index (χ0v) is 77.2. The molecule has 22 heteroatoms. The predicted octanol–water partition coefficient (Wildman–Crippen LogP) is 30.3. The van der Waals surface area contributed by atoms with Crippen molar-refractivity contribution in [2.45, 2.75) is 174 Å². The van der Waals surface area contributed by atoms with Crippen molar-refractivity contribution in [1.82, 2.24) is 19.9 Å². The average Bonchev–Trinajstić information content (AvgIpc) is 0.884. The first kappa shape index (κ1) is 102. The quantitative estimate of drug-likeness (QED) is 0.0324. The van der Waals surface area contributed by atoms with E-state index in [2.05, 4.69) is 330 Å². The normalized spacial score (nSPS) is 9.51. The maximum absolute atomic E-state index is 12.2. The van der Waals surface area contributed by atoms with Crippen LogP contribution in [0, 0.1) is 159 Å². The highest BCUT2D eigenvalue weighted by Crippen LogP contribution is 2.23. The minimum atomic E-state index is -0.453. The number of rotatable bonds is 0. The highest BCUT2D eigenvalue weighted by molar-refractivity contribution is 7.82. The van der Waals surface area contributed by atoms with Crippen LogP contribution in [0.4, 0.5) is 20.2 Å². The number of aryl methyl sites for hydroxylation is 18. The highest BCUT2D eigenvalue weighted by Gasteiger charge is 2.00. The number of nitrogens with zero attached hydrogens (tertiary/aromatic N) is 4. The Balaban J connectivity index is 0.000000600. The molecular formula is C88H98Cl2F2N6S12. The Kier molecular flexibility index (Phi) is 50.4. The summed E-state index contributed by atoms with van der Waals surface area (Å²) in [5, 5.41) is 1.11. The molecule has 0 atom stereocenters. The van der Waals surface area contributed by atoms with Crippen LogP contribution in [0.2, 0.25) is 10.3 Å². The van der Waals surface area contributed by atoms with Gasteiger partial charge in [0.2, 0.25) is 5.95 Å². The van der Waals surface area contributed by atoms with Crippen LogP contribution in [0.3, 0.4) is 0 Å². The molecule has 12 rings (SSSR count). The number of thiol groups is 10. The molecule has 0 saturated heterocycles. The number of aromatic amines is 2. The Bertz CT molecular complexity index is 4420. The second-order valence-corrected chi connectivity index (χ2v) is 31.6. The van der Waals surface area contributed by atoms with E-state index in [-0.39, 0.29) is 5.95 Å². The Hall–Kier alpha value is -6.28. The van der Waals surface area contributed by atoms with Crippen LogP contribution in [0.1, 0.15) is 100 Å². The molecule has 0 spiro atoms. The number of hydrogen-bond acceptors (Lipinski definition) is 14. The van der Waals surface area contributed by atoms with E-state index in [0.717, 1.165) is 86.8 Å². The summed E-state index contributed by atoms with van der Waals surface area (Å²) >= 11 is 62.9. The SMILES string of the molecule is Cc1c[nH]c(Cl)cc1=S.Cc1c[nH]c(F)cc1=S.Cc1cc(Cl)ncc1S.Cc1cc(F)ncc1S.Cc1ccc(C)c(S)c1.Cc1ccc(C)c(S)c1.Cc1ccc(C)c(S)c1.Cc1ccc(S)c(C)c1.Cc1ccc(S)c(C)c1.Cc1ccc(S)c(C)c1.[C-]#[N+]c1ccc(C)c(S)c1.[C-]#[N+]c1ccc(S)c(C)c1. The Morgan fingerprint density at radius 1 is 0.300 bits per heavy atom. The van der Waals surface area contributed by atoms with Crippen molar-refractivity contribution < 1.29 is 8.78 Å². The van der Waals surface area contributed by atoms with Crippen LogP contribution in [0.15, 0.2) is 244 Å². The molecule has 12 aromatic rings. The summed E-state index contributed by atoms with van der Waals surface area (Å²) in [6.07, 6.45) is 6.39. The van der Waals surface area contributed by atoms with Crippen molar-refractivity contribution in [3.8, 4) is 0 Å². The van der Waals surface area contributed by atoms with Gasteiger partial charge >= 0.3 is 0 Å². The minimum Gasteiger partial charge on any atom is -0.352 e. The first-order chi connectivity index (χ1) is 51.5. The van der Waals surface area contributed by atoms with Crippen molar-refractivity contribution in [1.29, 1.82) is 0 Å². The number of pyridine rings is 4. The summed E-state index contributed by atoms with van der Waals surface area (Å²) in [6.45, 7) is 49.6. The summed E-state index contributed by atoms with van der Waals surface area (Å²) in [6, 6.07) is 54.4. The summed E-state index contributed by atoms with van der Waals surface area (Å²) in [5.41, 5.74) is 22.5. The third-order valence-electron chi connectivity index (χ3n) is 15.0. The van der Waals surface area contributed by atoms with Crippen molar-refractivity contribution in [3.05, 3.63) is 349 Å². The van der Waals surface area contributed by atoms with Crippen molar-refractivity contribution in [2.75, 3.05) is 0 Å². The molecule has 0 aliphatic rings. The zero-order chi connectivity index (χ0) is 83.7. The monoisotopic (exact) mass is 1730 g/mol. The molecule has 2 N–H and O–H groups in total. The van der Waals surface area contributed by atoms with Gasteiger partial charge in [-0.2, -0.15) is 8.78 Å². The van der Waals surface area contributed by atoms with Gasteiger partial charge in [0, 0.05) is 83.9 Å². The van der Waals surface area contributed by atoms with E-state index in [4.69, 9.17) is 60.8 Å². The lowest BCUT2D eigenvalue weighted by atomic mass is 10.2. The summed E-state index contributed by atoms with van der Waals surface area (Å²) in [5.74, 6) is -0.837. The summed E-state index contributed by atoms with van der Waals surface area (Å²) < 4.78 is 25.8. The van der Waals surface area contributed by atoms with E-state index >= 15 is 0 Å². The van der Waals surface area contributed by atoms with Gasteiger partial charge in [0.15, 0.2) is 17.3 Å². The lowest BCUT2D eigenvalue weighted by Gasteiger charge is -1.97. The fraction of sp³-hybridized carbons (Fsp3) is 0.205. The molecule has 580 valence electrons. The van der Waals surface area contributed by atoms with Crippen LogP contribution in [-0.4, -0.2) is 19.9 Å². The van der Waals surface area contributed by atoms with Crippen molar-refractivity contribution in [2.24, 2.45) is 0 Å². The lowest BCUT2D eigenvalue weighted by molar-refractivity contribution is 0.579. The third-order valence-corrected chi connectivity index (χ3v) is 21.2. The number of halogens is 4. The Labute approximate surface area is 729 Å². The topological polar surface area (TPSA) is 66.1 Å². The largest absolute Gasteiger partial charge is 0.352 e. The smallest absolute Gasteiger partial charge is 0.213 e. The highest BCUT2D eigenvalue weighted by atomic mass is 35.5. The number of aromatic nitrogens is 4. The van der Waals surface area contributed by atoms with Gasteiger partial charge in [0.05, 0.1) is 13.1 Å². The molecule has 4 heterocycles. The first-order valence-corrected chi connectivity index (χ1v) is 39.7. The van der Waals surface area contributed by atoms with E-state index in [9.17, 15) is 8.78 Å². The molecule has 0 bridgehead atoms. The maximum Gasteiger partial charge on any atom is 0.213 e. The molecule has 0 saturated carbocycles. The molecule has 8 aromatic carbocycles. The molecular weight excluding hydrogens is 1630 g/mol. The number of nitrogens with one attached hydrogen (secondary N) is 2. The molecule has 0 aliphatic carbocycles. The zero-order valence-electron chi connectivity index (χ0n) is 65.1. The van der Waals surface area contributed by atoms with Gasteiger partial charge in [-0.05, 0) is 257 Å². The third kappa shape index (κ3) is 43.7. The van der Waals surface area contributed by atoms with Crippen molar-refractivity contribution in [3.63, 3.8) is 0 Å². The lowest BCUT2D eigenvalue weighted by Crippen LogP contribution is -1.83. The number of H-pyrrole nitrogens is 2. The van der Waals surface area contributed by atoms with Gasteiger partial charge in [0.25, 0.3) is 0 Å². The molecule has 0 amide bonds. The number of benzene rings is 8. The van der Waals surface area contributed by atoms with Crippen LogP contribution < -0.4 is 0 Å². The fourth-order valence-corrected chi connectivity index (χ4v) is 10.6. The molecule has 0 unspecified atom stereocenters. The fourth-order valence-electron chi connectivity index (χ4n) is 8.02. The van der Waals surface area contributed by atoms with Gasteiger partial charge in [-0.25, -0.2) is 19.7 Å². The van der Waals surface area contributed by atoms with Gasteiger partial charge < -0.3 is 9.97 Å². The van der Waals surface area contributed by atoms with Crippen LogP contribution in [-0.2, 0) is 0 Å². The molecule has 4 aromatic heterocycles. The summed E-state index contributed by atoms with van der Waals surface area (Å²) in [7, 11) is 0. The summed E-state index contributed by atoms with van der Waals surface area (Å²) in [4.78, 5) is 28.9.